The monoisotopic (exact) mass is 225 g/mol. The van der Waals surface area contributed by atoms with Gasteiger partial charge in [-0.2, -0.15) is 0 Å². The van der Waals surface area contributed by atoms with Gasteiger partial charge >= 0.3 is 0 Å². The molecule has 0 bridgehead atoms. The van der Waals surface area contributed by atoms with E-state index in [-0.39, 0.29) is 0 Å². The molecular formula is C16H19N. The van der Waals surface area contributed by atoms with Gasteiger partial charge in [0.25, 0.3) is 0 Å². The Balaban J connectivity index is 2.04. The van der Waals surface area contributed by atoms with Crippen molar-refractivity contribution in [2.75, 3.05) is 5.32 Å². The van der Waals surface area contributed by atoms with Crippen LogP contribution < -0.4 is 5.32 Å². The van der Waals surface area contributed by atoms with Gasteiger partial charge in [0.1, 0.15) is 0 Å². The number of hydrogen-bond acceptors (Lipinski definition) is 1. The fourth-order valence-corrected chi connectivity index (χ4v) is 1.92. The highest BCUT2D eigenvalue weighted by Crippen LogP contribution is 2.17. The molecule has 2 aromatic rings. The van der Waals surface area contributed by atoms with E-state index in [1.54, 1.807) is 0 Å². The number of nitrogens with one attached hydrogen (secondary N) is 1. The molecule has 0 aliphatic rings. The third kappa shape index (κ3) is 3.10. The van der Waals surface area contributed by atoms with E-state index in [2.05, 4.69) is 68.6 Å². The molecular weight excluding hydrogens is 206 g/mol. The van der Waals surface area contributed by atoms with Gasteiger partial charge in [-0.05, 0) is 38.0 Å². The standard InChI is InChI=1S/C16H19N/c1-12-4-7-15(8-5-12)11-17-16-9-6-13(2)10-14(16)3/h4-10,17H,11H2,1-3H3. The van der Waals surface area contributed by atoms with Gasteiger partial charge in [-0.1, -0.05) is 47.5 Å². The first-order chi connectivity index (χ1) is 8.15. The van der Waals surface area contributed by atoms with Crippen molar-refractivity contribution in [1.82, 2.24) is 0 Å². The molecule has 1 N–H and O–H groups in total. The summed E-state index contributed by atoms with van der Waals surface area (Å²) in [4.78, 5) is 0. The Morgan fingerprint density at radius 1 is 0.824 bits per heavy atom. The first-order valence-electron chi connectivity index (χ1n) is 6.02. The van der Waals surface area contributed by atoms with Crippen LogP contribution in [0.2, 0.25) is 0 Å². The number of rotatable bonds is 3. The first-order valence-corrected chi connectivity index (χ1v) is 6.02. The lowest BCUT2D eigenvalue weighted by atomic mass is 10.1. The highest BCUT2D eigenvalue weighted by atomic mass is 14.9. The summed E-state index contributed by atoms with van der Waals surface area (Å²) in [5.41, 5.74) is 6.45. The van der Waals surface area contributed by atoms with Crippen LogP contribution in [0.15, 0.2) is 42.5 Å². The van der Waals surface area contributed by atoms with Crippen LogP contribution in [0.5, 0.6) is 0 Å². The van der Waals surface area contributed by atoms with Crippen molar-refractivity contribution in [2.45, 2.75) is 27.3 Å². The van der Waals surface area contributed by atoms with Crippen molar-refractivity contribution < 1.29 is 0 Å². The van der Waals surface area contributed by atoms with Crippen LogP contribution in [-0.4, -0.2) is 0 Å². The molecule has 0 amide bonds. The molecule has 1 nitrogen and oxygen atoms in total. The van der Waals surface area contributed by atoms with Gasteiger partial charge < -0.3 is 5.32 Å². The van der Waals surface area contributed by atoms with E-state index in [1.807, 2.05) is 0 Å². The summed E-state index contributed by atoms with van der Waals surface area (Å²) in [6, 6.07) is 15.1. The molecule has 0 unspecified atom stereocenters. The highest BCUT2D eigenvalue weighted by molar-refractivity contribution is 5.52. The maximum absolute atomic E-state index is 3.48. The lowest BCUT2D eigenvalue weighted by molar-refractivity contribution is 1.13. The summed E-state index contributed by atoms with van der Waals surface area (Å²) in [6.07, 6.45) is 0. The molecule has 0 spiro atoms. The molecule has 2 aromatic carbocycles. The third-order valence-electron chi connectivity index (χ3n) is 2.99. The van der Waals surface area contributed by atoms with Crippen LogP contribution in [0.3, 0.4) is 0 Å². The van der Waals surface area contributed by atoms with Crippen LogP contribution in [-0.2, 0) is 6.54 Å². The Labute approximate surface area is 103 Å². The van der Waals surface area contributed by atoms with Gasteiger partial charge in [0, 0.05) is 12.2 Å². The van der Waals surface area contributed by atoms with Crippen LogP contribution in [0.1, 0.15) is 22.3 Å². The molecule has 0 saturated carbocycles. The molecule has 0 heterocycles. The van der Waals surface area contributed by atoms with Crippen molar-refractivity contribution >= 4 is 5.69 Å². The second kappa shape index (κ2) is 5.05. The van der Waals surface area contributed by atoms with Crippen molar-refractivity contribution in [2.24, 2.45) is 0 Å². The van der Waals surface area contributed by atoms with E-state index in [1.165, 1.54) is 27.9 Å². The second-order valence-electron chi connectivity index (χ2n) is 4.66. The van der Waals surface area contributed by atoms with E-state index in [0.29, 0.717) is 0 Å². The minimum Gasteiger partial charge on any atom is -0.381 e. The normalized spacial score (nSPS) is 10.3. The molecule has 0 aliphatic heterocycles. The lowest BCUT2D eigenvalue weighted by Gasteiger charge is -2.10. The molecule has 0 aromatic heterocycles. The summed E-state index contributed by atoms with van der Waals surface area (Å²) in [7, 11) is 0. The number of aryl methyl sites for hydroxylation is 3. The highest BCUT2D eigenvalue weighted by Gasteiger charge is 1.98. The minimum absolute atomic E-state index is 0.879. The second-order valence-corrected chi connectivity index (χ2v) is 4.66. The van der Waals surface area contributed by atoms with Crippen LogP contribution in [0.4, 0.5) is 5.69 Å². The summed E-state index contributed by atoms with van der Waals surface area (Å²) in [5.74, 6) is 0. The predicted octanol–water partition coefficient (Wildman–Crippen LogP) is 4.22. The van der Waals surface area contributed by atoms with E-state index in [0.717, 1.165) is 6.54 Å². The summed E-state index contributed by atoms with van der Waals surface area (Å²) >= 11 is 0. The molecule has 1 heteroatoms. The molecule has 17 heavy (non-hydrogen) atoms. The molecule has 0 radical (unpaired) electrons. The van der Waals surface area contributed by atoms with Gasteiger partial charge in [-0.15, -0.1) is 0 Å². The fraction of sp³-hybridized carbons (Fsp3) is 0.250. The molecule has 0 saturated heterocycles. The van der Waals surface area contributed by atoms with Gasteiger partial charge in [-0.3, -0.25) is 0 Å². The van der Waals surface area contributed by atoms with Crippen LogP contribution >= 0.6 is 0 Å². The van der Waals surface area contributed by atoms with Gasteiger partial charge in [0.15, 0.2) is 0 Å². The SMILES string of the molecule is Cc1ccc(CNc2ccc(C)cc2C)cc1. The Hall–Kier alpha value is -1.76. The van der Waals surface area contributed by atoms with Crippen LogP contribution in [0, 0.1) is 20.8 Å². The zero-order valence-electron chi connectivity index (χ0n) is 10.7. The first kappa shape index (κ1) is 11.7. The largest absolute Gasteiger partial charge is 0.381 e. The van der Waals surface area contributed by atoms with E-state index >= 15 is 0 Å². The summed E-state index contributed by atoms with van der Waals surface area (Å²) in [5, 5.41) is 3.48. The Kier molecular flexibility index (Phi) is 3.48. The molecule has 0 atom stereocenters. The smallest absolute Gasteiger partial charge is 0.0400 e. The number of benzene rings is 2. The Bertz CT molecular complexity index is 497. The maximum atomic E-state index is 3.48. The summed E-state index contributed by atoms with van der Waals surface area (Å²) in [6.45, 7) is 7.26. The summed E-state index contributed by atoms with van der Waals surface area (Å²) < 4.78 is 0. The number of hydrogen-bond donors (Lipinski definition) is 1. The predicted molar refractivity (Wildman–Crippen MR) is 74.4 cm³/mol. The van der Waals surface area contributed by atoms with Gasteiger partial charge in [-0.25, -0.2) is 0 Å². The zero-order valence-corrected chi connectivity index (χ0v) is 10.7. The molecule has 0 fully saturated rings. The maximum Gasteiger partial charge on any atom is 0.0400 e. The minimum atomic E-state index is 0.879. The van der Waals surface area contributed by atoms with Crippen LogP contribution in [0.25, 0.3) is 0 Å². The molecule has 88 valence electrons. The van der Waals surface area contributed by atoms with Gasteiger partial charge in [0.05, 0.1) is 0 Å². The van der Waals surface area contributed by atoms with Crippen molar-refractivity contribution in [3.8, 4) is 0 Å². The van der Waals surface area contributed by atoms with E-state index in [9.17, 15) is 0 Å². The fourth-order valence-electron chi connectivity index (χ4n) is 1.92. The van der Waals surface area contributed by atoms with Gasteiger partial charge in [0.2, 0.25) is 0 Å². The lowest BCUT2D eigenvalue weighted by Crippen LogP contribution is -2.01. The van der Waals surface area contributed by atoms with E-state index in [4.69, 9.17) is 0 Å². The third-order valence-corrected chi connectivity index (χ3v) is 2.99. The average molecular weight is 225 g/mol. The van der Waals surface area contributed by atoms with Crippen molar-refractivity contribution in [1.29, 1.82) is 0 Å². The number of anilines is 1. The molecule has 0 aliphatic carbocycles. The topological polar surface area (TPSA) is 12.0 Å². The zero-order chi connectivity index (χ0) is 12.3. The van der Waals surface area contributed by atoms with Crippen molar-refractivity contribution in [3.05, 3.63) is 64.7 Å². The molecule has 2 rings (SSSR count). The average Bonchev–Trinajstić information content (AvgIpc) is 2.30. The van der Waals surface area contributed by atoms with Crippen molar-refractivity contribution in [3.63, 3.8) is 0 Å². The Morgan fingerprint density at radius 2 is 1.47 bits per heavy atom. The van der Waals surface area contributed by atoms with E-state index < -0.39 is 0 Å². The quantitative estimate of drug-likeness (QED) is 0.824. The Morgan fingerprint density at radius 3 is 2.12 bits per heavy atom.